The number of nitrogens with one attached hydrogen (secondary N) is 2. The van der Waals surface area contributed by atoms with Crippen molar-refractivity contribution in [1.29, 1.82) is 0 Å². The lowest BCUT2D eigenvalue weighted by molar-refractivity contribution is -0.166. The lowest BCUT2D eigenvalue weighted by Crippen LogP contribution is -2.71. The molecule has 2 N–H and O–H groups in total. The van der Waals surface area contributed by atoms with Crippen LogP contribution in [0.4, 0.5) is 0 Å². The highest BCUT2D eigenvalue weighted by atomic mass is 35.5. The number of β-lactam (4-membered cyclic amide) rings is 1. The van der Waals surface area contributed by atoms with E-state index in [-0.39, 0.29) is 73.9 Å². The van der Waals surface area contributed by atoms with Gasteiger partial charge in [-0.05, 0) is 60.5 Å². The first-order valence-electron chi connectivity index (χ1n) is 22.7. The Hall–Kier alpha value is -8.15. The topological polar surface area (TPSA) is 276 Å². The average Bonchev–Trinajstić information content (AvgIpc) is 3.64. The zero-order valence-electron chi connectivity index (χ0n) is 39.8. The summed E-state index contributed by atoms with van der Waals surface area (Å²) >= 11 is 8.74. The van der Waals surface area contributed by atoms with Gasteiger partial charge in [-0.15, -0.1) is 23.5 Å². The van der Waals surface area contributed by atoms with Crippen molar-refractivity contribution in [3.63, 3.8) is 0 Å². The number of amides is 3. The first-order chi connectivity index (χ1) is 35.8. The first kappa shape index (κ1) is 51.7. The predicted octanol–water partition coefficient (Wildman–Crippen LogP) is 5.81. The third-order valence-electron chi connectivity index (χ3n) is 11.8. The summed E-state index contributed by atoms with van der Waals surface area (Å²) in [6.45, 7) is 3.97. The zero-order chi connectivity index (χ0) is 53.5. The van der Waals surface area contributed by atoms with Crippen molar-refractivity contribution in [1.82, 2.24) is 15.5 Å². The van der Waals surface area contributed by atoms with Gasteiger partial charge in [-0.1, -0.05) is 24.6 Å². The summed E-state index contributed by atoms with van der Waals surface area (Å²) < 4.78 is 43.8. The molecule has 24 heteroatoms. The van der Waals surface area contributed by atoms with Gasteiger partial charge in [0.2, 0.25) is 12.7 Å². The van der Waals surface area contributed by atoms with Crippen LogP contribution in [0.5, 0.6) is 28.7 Å². The third kappa shape index (κ3) is 10.2. The molecule has 9 rings (SSSR count). The molecule has 1 fully saturated rings. The molecule has 2 atom stereocenters. The van der Waals surface area contributed by atoms with Crippen LogP contribution in [0, 0.1) is 0 Å². The molecule has 75 heavy (non-hydrogen) atoms. The van der Waals surface area contributed by atoms with Gasteiger partial charge < -0.3 is 48.2 Å². The van der Waals surface area contributed by atoms with Gasteiger partial charge in [0.05, 0.1) is 17.1 Å². The van der Waals surface area contributed by atoms with E-state index >= 15 is 0 Å². The molecule has 5 heterocycles. The fourth-order valence-corrected chi connectivity index (χ4v) is 11.3. The number of thioether (sulfide) groups is 2. The van der Waals surface area contributed by atoms with E-state index in [4.69, 9.17) is 49.2 Å². The zero-order valence-corrected chi connectivity index (χ0v) is 42.2. The summed E-state index contributed by atoms with van der Waals surface area (Å²) in [5.41, 5.74) is -1.33. The third-order valence-corrected chi connectivity index (χ3v) is 14.5. The maximum Gasteiger partial charge on any atom is 0.357 e. The number of carbonyl (C=O) groups excluding carboxylic acids is 9. The van der Waals surface area contributed by atoms with E-state index in [1.807, 2.05) is 0 Å². The fraction of sp³-hybridized carbons (Fsp3) is 0.255. The maximum atomic E-state index is 14.0. The average molecular weight is 1080 g/mol. The number of fused-ring (bicyclic) bond motifs is 8. The Balaban J connectivity index is 0.913. The van der Waals surface area contributed by atoms with Crippen LogP contribution >= 0.6 is 35.1 Å². The van der Waals surface area contributed by atoms with E-state index in [1.165, 1.54) is 79.8 Å². The minimum absolute atomic E-state index is 0.0156. The molecule has 386 valence electrons. The molecule has 0 aliphatic carbocycles. The number of hydrogen-bond donors (Lipinski definition) is 2. The molecular formula is C51H40ClN3O18S2. The van der Waals surface area contributed by atoms with Crippen LogP contribution in [0.2, 0.25) is 5.02 Å². The van der Waals surface area contributed by atoms with Crippen LogP contribution < -0.4 is 35.2 Å². The molecule has 0 bridgehead atoms. The molecule has 21 nitrogen and oxygen atoms in total. The number of rotatable bonds is 15. The number of nitrogens with zero attached hydrogens (tertiary/aromatic N) is 1. The highest BCUT2D eigenvalue weighted by Crippen LogP contribution is 2.57. The highest BCUT2D eigenvalue weighted by molar-refractivity contribution is 8.01. The molecule has 1 saturated heterocycles. The quantitative estimate of drug-likeness (QED) is 0.0312. The minimum Gasteiger partial charge on any atom is -0.456 e. The Morgan fingerprint density at radius 3 is 2.16 bits per heavy atom. The van der Waals surface area contributed by atoms with E-state index in [0.717, 1.165) is 11.8 Å². The Labute approximate surface area is 437 Å². The van der Waals surface area contributed by atoms with Crippen LogP contribution in [0.3, 0.4) is 0 Å². The van der Waals surface area contributed by atoms with Crippen molar-refractivity contribution < 1.29 is 80.7 Å². The summed E-state index contributed by atoms with van der Waals surface area (Å²) in [4.78, 5) is 130. The van der Waals surface area contributed by atoms with Crippen LogP contribution in [0.1, 0.15) is 77.9 Å². The monoisotopic (exact) mass is 1080 g/mol. The molecule has 0 radical (unpaired) electrons. The van der Waals surface area contributed by atoms with E-state index in [9.17, 15) is 47.9 Å². The number of carbonyl (C=O) groups is 9. The van der Waals surface area contributed by atoms with E-state index in [1.54, 1.807) is 37.3 Å². The normalized spacial score (nSPS) is 16.5. The Morgan fingerprint density at radius 1 is 0.827 bits per heavy atom. The lowest BCUT2D eigenvalue weighted by atomic mass is 9.77. The standard InChI is InChI=1S/C51H40ClN3O18S2/c1-5-6-42(60)71-40-18-37-26(14-36(40)52)13-32(48(63)72-37)45(61)53-19-41(59)54-43-46(62)55-44(50(65)67-22-66-23(2)56)27(21-75-47(43)55)20-74-30-9-12-33-31(17-30)49(64)73-51(33)34-10-7-28(68-24(3)57)15-38(34)70-39-16-29(69-25(4)58)8-11-35(39)51/h7-18,43,47H,5-6,19-22H2,1-4H3,(H,53,61)(H,54,59). The van der Waals surface area contributed by atoms with Gasteiger partial charge in [-0.25, -0.2) is 14.4 Å². The summed E-state index contributed by atoms with van der Waals surface area (Å²) in [5.74, 6) is -5.62. The fourth-order valence-electron chi connectivity index (χ4n) is 8.62. The molecule has 4 aliphatic rings. The van der Waals surface area contributed by atoms with Crippen molar-refractivity contribution in [3.8, 4) is 28.7 Å². The van der Waals surface area contributed by atoms with E-state index in [0.29, 0.717) is 33.6 Å². The smallest absolute Gasteiger partial charge is 0.357 e. The van der Waals surface area contributed by atoms with Crippen molar-refractivity contribution in [2.24, 2.45) is 0 Å². The van der Waals surface area contributed by atoms with Crippen molar-refractivity contribution in [2.45, 2.75) is 62.4 Å². The number of ether oxygens (including phenoxy) is 7. The summed E-state index contributed by atoms with van der Waals surface area (Å²) in [7, 11) is 0. The summed E-state index contributed by atoms with van der Waals surface area (Å²) in [5, 5.41) is 4.33. The first-order valence-corrected chi connectivity index (χ1v) is 25.1. The second kappa shape index (κ2) is 21.0. The van der Waals surface area contributed by atoms with E-state index in [2.05, 4.69) is 10.6 Å². The van der Waals surface area contributed by atoms with Gasteiger partial charge in [-0.3, -0.25) is 38.5 Å². The summed E-state index contributed by atoms with van der Waals surface area (Å²) in [6, 6.07) is 17.0. The molecule has 5 aromatic rings. The predicted molar refractivity (Wildman–Crippen MR) is 263 cm³/mol. The molecule has 2 unspecified atom stereocenters. The van der Waals surface area contributed by atoms with Gasteiger partial charge in [0, 0.05) is 83.9 Å². The molecule has 3 amide bonds. The van der Waals surface area contributed by atoms with Gasteiger partial charge in [0.15, 0.2) is 11.4 Å². The second-order valence-electron chi connectivity index (χ2n) is 16.9. The summed E-state index contributed by atoms with van der Waals surface area (Å²) in [6.07, 6.45) is 0.667. The highest BCUT2D eigenvalue weighted by Gasteiger charge is 2.56. The van der Waals surface area contributed by atoms with Gasteiger partial charge >= 0.3 is 41.4 Å². The molecular weight excluding hydrogens is 1040 g/mol. The number of esters is 6. The number of benzene rings is 4. The van der Waals surface area contributed by atoms with Crippen molar-refractivity contribution >= 4 is 99.6 Å². The molecule has 1 aromatic heterocycles. The molecule has 0 saturated carbocycles. The molecule has 4 aliphatic heterocycles. The SMILES string of the molecule is CCCC(=O)Oc1cc2oc(=O)c(C(=O)NCC(=O)NC3C(=O)N4C(C(=O)OCOC(C)=O)=C(CSc5ccc6c(c5)C(=O)OC65c6ccc(OC(C)=O)cc6Oc6cc(OC(C)=O)ccc65)CSC34)cc2cc1Cl. The number of hydrogen-bond acceptors (Lipinski definition) is 20. The van der Waals surface area contributed by atoms with Gasteiger partial charge in [-0.2, -0.15) is 0 Å². The number of halogens is 1. The van der Waals surface area contributed by atoms with Gasteiger partial charge in [0.25, 0.3) is 11.8 Å². The Bertz CT molecular complexity index is 3360. The minimum atomic E-state index is -1.56. The van der Waals surface area contributed by atoms with Crippen molar-refractivity contribution in [2.75, 3.05) is 24.8 Å². The van der Waals surface area contributed by atoms with E-state index < -0.39 is 95.1 Å². The maximum absolute atomic E-state index is 14.0. The van der Waals surface area contributed by atoms with Crippen LogP contribution in [0.15, 0.2) is 98.2 Å². The van der Waals surface area contributed by atoms with Crippen molar-refractivity contribution in [3.05, 3.63) is 127 Å². The molecule has 4 aromatic carbocycles. The van der Waals surface area contributed by atoms with Gasteiger partial charge in [0.1, 0.15) is 51.3 Å². The second-order valence-corrected chi connectivity index (χ2v) is 19.5. The lowest BCUT2D eigenvalue weighted by Gasteiger charge is -2.49. The Kier molecular flexibility index (Phi) is 14.5. The molecule has 1 spiro atoms. The van der Waals surface area contributed by atoms with Crippen LogP contribution in [0.25, 0.3) is 11.0 Å². The Morgan fingerprint density at radius 2 is 1.51 bits per heavy atom. The van der Waals surface area contributed by atoms with Crippen LogP contribution in [-0.4, -0.2) is 94.7 Å². The van der Waals surface area contributed by atoms with Crippen LogP contribution in [-0.2, 0) is 53.4 Å². The largest absolute Gasteiger partial charge is 0.456 e.